The van der Waals surface area contributed by atoms with Crippen molar-refractivity contribution < 1.29 is 9.53 Å². The van der Waals surface area contributed by atoms with E-state index in [1.54, 1.807) is 25.1 Å². The van der Waals surface area contributed by atoms with Crippen LogP contribution in [-0.2, 0) is 11.2 Å². The lowest BCUT2D eigenvalue weighted by molar-refractivity contribution is 0.0526. The summed E-state index contributed by atoms with van der Waals surface area (Å²) < 4.78 is 4.88. The summed E-state index contributed by atoms with van der Waals surface area (Å²) in [6.45, 7) is 2.15. The van der Waals surface area contributed by atoms with Gasteiger partial charge >= 0.3 is 5.97 Å². The van der Waals surface area contributed by atoms with Crippen molar-refractivity contribution in [2.45, 2.75) is 13.3 Å². The Kier molecular flexibility index (Phi) is 4.24. The summed E-state index contributed by atoms with van der Waals surface area (Å²) in [4.78, 5) is 11.8. The highest BCUT2D eigenvalue weighted by Crippen LogP contribution is 2.07. The van der Waals surface area contributed by atoms with E-state index in [4.69, 9.17) is 22.7 Å². The molecule has 80 valence electrons. The number of carbonyl (C=O) groups excluding carboxylic acids is 1. The molecule has 0 aliphatic rings. The first-order chi connectivity index (χ1) is 7.13. The zero-order valence-corrected chi connectivity index (χ0v) is 9.34. The van der Waals surface area contributed by atoms with Crippen LogP contribution in [0.2, 0.25) is 0 Å². The Balaban J connectivity index is 2.82. The normalized spacial score (nSPS) is 9.67. The minimum atomic E-state index is -0.317. The molecule has 0 spiro atoms. The Morgan fingerprint density at radius 2 is 2.27 bits per heavy atom. The van der Waals surface area contributed by atoms with Crippen molar-refractivity contribution in [2.75, 3.05) is 6.61 Å². The number of ether oxygens (including phenoxy) is 1. The molecule has 3 nitrogen and oxygen atoms in total. The molecular weight excluding hydrogens is 210 g/mol. The van der Waals surface area contributed by atoms with Gasteiger partial charge in [0.05, 0.1) is 17.2 Å². The lowest BCUT2D eigenvalue weighted by Gasteiger charge is -2.04. The van der Waals surface area contributed by atoms with Gasteiger partial charge in [-0.05, 0) is 24.6 Å². The maximum Gasteiger partial charge on any atom is 0.338 e. The van der Waals surface area contributed by atoms with E-state index in [1.807, 2.05) is 6.07 Å². The first-order valence-electron chi connectivity index (χ1n) is 4.68. The van der Waals surface area contributed by atoms with Gasteiger partial charge < -0.3 is 10.5 Å². The van der Waals surface area contributed by atoms with Crippen molar-refractivity contribution in [3.8, 4) is 0 Å². The van der Waals surface area contributed by atoms with Gasteiger partial charge in [0.2, 0.25) is 0 Å². The summed E-state index contributed by atoms with van der Waals surface area (Å²) in [6.07, 6.45) is 0.503. The van der Waals surface area contributed by atoms with Crippen LogP contribution in [0.3, 0.4) is 0 Å². The second kappa shape index (κ2) is 5.46. The molecule has 0 aliphatic heterocycles. The van der Waals surface area contributed by atoms with E-state index >= 15 is 0 Å². The molecule has 0 bridgehead atoms. The summed E-state index contributed by atoms with van der Waals surface area (Å²) in [7, 11) is 0. The first kappa shape index (κ1) is 11.7. The van der Waals surface area contributed by atoms with Gasteiger partial charge in [0.15, 0.2) is 0 Å². The van der Waals surface area contributed by atoms with Crippen LogP contribution in [-0.4, -0.2) is 17.6 Å². The largest absolute Gasteiger partial charge is 0.462 e. The van der Waals surface area contributed by atoms with Gasteiger partial charge in [-0.25, -0.2) is 4.79 Å². The molecule has 0 aromatic heterocycles. The van der Waals surface area contributed by atoms with Crippen molar-refractivity contribution in [2.24, 2.45) is 5.73 Å². The molecule has 0 aliphatic carbocycles. The number of carbonyl (C=O) groups is 1. The number of hydrogen-bond acceptors (Lipinski definition) is 3. The van der Waals surface area contributed by atoms with Crippen molar-refractivity contribution in [3.05, 3.63) is 35.4 Å². The second-order valence-corrected chi connectivity index (χ2v) is 3.59. The smallest absolute Gasteiger partial charge is 0.338 e. The van der Waals surface area contributed by atoms with Crippen LogP contribution in [0.25, 0.3) is 0 Å². The topological polar surface area (TPSA) is 52.3 Å². The Morgan fingerprint density at radius 3 is 2.87 bits per heavy atom. The van der Waals surface area contributed by atoms with Crippen LogP contribution >= 0.6 is 12.2 Å². The molecule has 15 heavy (non-hydrogen) atoms. The first-order valence-corrected chi connectivity index (χ1v) is 5.08. The van der Waals surface area contributed by atoms with Gasteiger partial charge in [-0.1, -0.05) is 24.4 Å². The number of esters is 1. The lowest BCUT2D eigenvalue weighted by Crippen LogP contribution is -2.12. The summed E-state index contributed by atoms with van der Waals surface area (Å²) in [5.41, 5.74) is 6.88. The van der Waals surface area contributed by atoms with Crippen LogP contribution in [0, 0.1) is 0 Å². The highest BCUT2D eigenvalue weighted by Gasteiger charge is 2.06. The third kappa shape index (κ3) is 3.67. The molecule has 0 amide bonds. The van der Waals surface area contributed by atoms with Crippen molar-refractivity contribution in [1.29, 1.82) is 0 Å². The predicted octanol–water partition coefficient (Wildman–Crippen LogP) is 1.69. The monoisotopic (exact) mass is 223 g/mol. The fraction of sp³-hybridized carbons (Fsp3) is 0.273. The number of rotatable bonds is 4. The molecule has 1 rings (SSSR count). The van der Waals surface area contributed by atoms with Gasteiger partial charge in [-0.15, -0.1) is 0 Å². The standard InChI is InChI=1S/C11H13NO2S/c1-2-14-11(13)9-5-3-4-8(6-9)7-10(12)15/h3-6H,2,7H2,1H3,(H2,12,15). The summed E-state index contributed by atoms with van der Waals surface area (Å²) in [6, 6.07) is 7.12. The number of thiocarbonyl (C=S) groups is 1. The van der Waals surface area contributed by atoms with Crippen LogP contribution in [0.15, 0.2) is 24.3 Å². The maximum absolute atomic E-state index is 11.4. The molecule has 0 saturated heterocycles. The SMILES string of the molecule is CCOC(=O)c1cccc(CC(N)=S)c1. The predicted molar refractivity (Wildman–Crippen MR) is 62.9 cm³/mol. The van der Waals surface area contributed by atoms with Crippen molar-refractivity contribution in [1.82, 2.24) is 0 Å². The third-order valence-corrected chi connectivity index (χ3v) is 1.96. The Labute approximate surface area is 94.2 Å². The Bertz CT molecular complexity index is 377. The van der Waals surface area contributed by atoms with E-state index in [2.05, 4.69) is 0 Å². The zero-order valence-electron chi connectivity index (χ0n) is 8.53. The second-order valence-electron chi connectivity index (χ2n) is 3.06. The van der Waals surface area contributed by atoms with E-state index < -0.39 is 0 Å². The molecule has 1 aromatic rings. The van der Waals surface area contributed by atoms with E-state index in [1.165, 1.54) is 0 Å². The van der Waals surface area contributed by atoms with E-state index in [0.29, 0.717) is 23.6 Å². The molecular formula is C11H13NO2S. The van der Waals surface area contributed by atoms with Crippen LogP contribution in [0.4, 0.5) is 0 Å². The van der Waals surface area contributed by atoms with Gasteiger partial charge in [0, 0.05) is 6.42 Å². The van der Waals surface area contributed by atoms with Gasteiger partial charge in [0.1, 0.15) is 0 Å². The highest BCUT2D eigenvalue weighted by atomic mass is 32.1. The van der Waals surface area contributed by atoms with E-state index in [0.717, 1.165) is 5.56 Å². The van der Waals surface area contributed by atoms with Crippen LogP contribution in [0.1, 0.15) is 22.8 Å². The number of nitrogens with two attached hydrogens (primary N) is 1. The molecule has 0 fully saturated rings. The molecule has 4 heteroatoms. The minimum Gasteiger partial charge on any atom is -0.462 e. The van der Waals surface area contributed by atoms with Gasteiger partial charge in [0.25, 0.3) is 0 Å². The molecule has 0 atom stereocenters. The fourth-order valence-corrected chi connectivity index (χ4v) is 1.39. The third-order valence-electron chi connectivity index (χ3n) is 1.82. The maximum atomic E-state index is 11.4. The molecule has 0 unspecified atom stereocenters. The van der Waals surface area contributed by atoms with Crippen LogP contribution < -0.4 is 5.73 Å². The molecule has 0 radical (unpaired) electrons. The summed E-state index contributed by atoms with van der Waals surface area (Å²) >= 11 is 4.80. The van der Waals surface area contributed by atoms with Crippen LogP contribution in [0.5, 0.6) is 0 Å². The number of benzene rings is 1. The van der Waals surface area contributed by atoms with E-state index in [-0.39, 0.29) is 5.97 Å². The van der Waals surface area contributed by atoms with E-state index in [9.17, 15) is 4.79 Å². The molecule has 0 heterocycles. The van der Waals surface area contributed by atoms with Gasteiger partial charge in [-0.2, -0.15) is 0 Å². The van der Waals surface area contributed by atoms with Crippen molar-refractivity contribution >= 4 is 23.2 Å². The zero-order chi connectivity index (χ0) is 11.3. The van der Waals surface area contributed by atoms with Gasteiger partial charge in [-0.3, -0.25) is 0 Å². The molecule has 2 N–H and O–H groups in total. The Hall–Kier alpha value is -1.42. The highest BCUT2D eigenvalue weighted by molar-refractivity contribution is 7.80. The van der Waals surface area contributed by atoms with Crippen molar-refractivity contribution in [3.63, 3.8) is 0 Å². The summed E-state index contributed by atoms with van der Waals surface area (Å²) in [5, 5.41) is 0. The number of hydrogen-bond donors (Lipinski definition) is 1. The Morgan fingerprint density at radius 1 is 1.53 bits per heavy atom. The average Bonchev–Trinajstić information content (AvgIpc) is 2.17. The molecule has 1 aromatic carbocycles. The fourth-order valence-electron chi connectivity index (χ4n) is 1.22. The lowest BCUT2D eigenvalue weighted by atomic mass is 10.1. The average molecular weight is 223 g/mol. The summed E-state index contributed by atoms with van der Waals surface area (Å²) in [5.74, 6) is -0.317. The molecule has 0 saturated carbocycles. The quantitative estimate of drug-likeness (QED) is 0.623. The minimum absolute atomic E-state index is 0.317.